The van der Waals surface area contributed by atoms with Crippen molar-refractivity contribution < 1.29 is 27.8 Å². The Balaban J connectivity index is 1.44. The second-order valence-corrected chi connectivity index (χ2v) is 7.21. The Labute approximate surface area is 165 Å². The third-order valence-corrected chi connectivity index (χ3v) is 5.44. The summed E-state index contributed by atoms with van der Waals surface area (Å²) in [6.07, 6.45) is 3.29. The van der Waals surface area contributed by atoms with Gasteiger partial charge in [-0.05, 0) is 30.5 Å². The second kappa shape index (κ2) is 7.73. The number of rotatable bonds is 7. The highest BCUT2D eigenvalue weighted by molar-refractivity contribution is 5.99. The van der Waals surface area contributed by atoms with E-state index >= 15 is 0 Å². The number of hydrogen-bond donors (Lipinski definition) is 1. The minimum absolute atomic E-state index is 0.0856. The molecular weight excluding hydrogens is 384 g/mol. The maximum Gasteiger partial charge on any atom is 0.315 e. The summed E-state index contributed by atoms with van der Waals surface area (Å²) in [5.74, 6) is 0.0597. The number of nitrogens with zero attached hydrogens (tertiary/aromatic N) is 2. The summed E-state index contributed by atoms with van der Waals surface area (Å²) >= 11 is 0. The molecule has 2 aromatic rings. The van der Waals surface area contributed by atoms with Gasteiger partial charge in [0.25, 0.3) is 5.91 Å². The summed E-state index contributed by atoms with van der Waals surface area (Å²) < 4.78 is 35.2. The van der Waals surface area contributed by atoms with Crippen LogP contribution in [0.3, 0.4) is 0 Å². The number of ketones is 1. The van der Waals surface area contributed by atoms with E-state index in [1.54, 1.807) is 0 Å². The first-order chi connectivity index (χ1) is 14.0. The number of benzene rings is 1. The van der Waals surface area contributed by atoms with Crippen LogP contribution in [0.25, 0.3) is 0 Å². The molecule has 7 nitrogen and oxygen atoms in total. The third-order valence-electron chi connectivity index (χ3n) is 5.44. The monoisotopic (exact) mass is 403 g/mol. The first-order valence-corrected chi connectivity index (χ1v) is 9.27. The van der Waals surface area contributed by atoms with Gasteiger partial charge >= 0.3 is 6.43 Å². The van der Waals surface area contributed by atoms with Crippen LogP contribution in [-0.2, 0) is 16.6 Å². The highest BCUT2D eigenvalue weighted by Crippen LogP contribution is 2.48. The summed E-state index contributed by atoms with van der Waals surface area (Å²) in [4.78, 5) is 31.4. The van der Waals surface area contributed by atoms with Crippen molar-refractivity contribution in [3.63, 3.8) is 0 Å². The number of hydrogen-bond acceptors (Lipinski definition) is 6. The van der Waals surface area contributed by atoms with E-state index in [0.29, 0.717) is 12.2 Å². The molecule has 2 heterocycles. The molecule has 1 fully saturated rings. The van der Waals surface area contributed by atoms with Gasteiger partial charge in [0, 0.05) is 24.2 Å². The summed E-state index contributed by atoms with van der Waals surface area (Å²) in [5, 5.41) is 1.88. The molecule has 1 aromatic carbocycles. The molecule has 0 bridgehead atoms. The van der Waals surface area contributed by atoms with Crippen molar-refractivity contribution >= 4 is 11.7 Å². The molecule has 29 heavy (non-hydrogen) atoms. The van der Waals surface area contributed by atoms with Gasteiger partial charge in [-0.1, -0.05) is 12.5 Å². The lowest BCUT2D eigenvalue weighted by Gasteiger charge is -2.42. The number of amides is 1. The van der Waals surface area contributed by atoms with Crippen molar-refractivity contribution in [2.75, 3.05) is 13.3 Å². The Hall–Kier alpha value is -3.10. The Bertz CT molecular complexity index is 930. The fraction of sp³-hybridized carbons (Fsp3) is 0.400. The molecule has 1 saturated carbocycles. The second-order valence-electron chi connectivity index (χ2n) is 7.21. The molecular formula is C20H19F2N3O4. The van der Waals surface area contributed by atoms with Gasteiger partial charge in [-0.15, -0.1) is 0 Å². The zero-order valence-corrected chi connectivity index (χ0v) is 15.5. The van der Waals surface area contributed by atoms with Crippen LogP contribution in [0.1, 0.15) is 41.0 Å². The number of carbonyl (C=O) groups excluding carboxylic acids is 2. The van der Waals surface area contributed by atoms with E-state index in [4.69, 9.17) is 9.47 Å². The molecule has 1 aromatic heterocycles. The average Bonchev–Trinajstić information content (AvgIpc) is 3.16. The Kier molecular flexibility index (Phi) is 5.12. The smallest absolute Gasteiger partial charge is 0.315 e. The maximum atomic E-state index is 12.2. The Morgan fingerprint density at radius 3 is 2.52 bits per heavy atom. The van der Waals surface area contributed by atoms with Crippen molar-refractivity contribution in [3.8, 4) is 11.5 Å². The first kappa shape index (κ1) is 19.2. The number of ether oxygens (including phenoxy) is 2. The van der Waals surface area contributed by atoms with Gasteiger partial charge in [-0.3, -0.25) is 9.59 Å². The molecule has 0 radical (unpaired) electrons. The lowest BCUT2D eigenvalue weighted by Crippen LogP contribution is -2.37. The quantitative estimate of drug-likeness (QED) is 0.714. The van der Waals surface area contributed by atoms with E-state index in [9.17, 15) is 18.4 Å². The number of Topliss-reactive ketones (excluding diaryl/α,β-unsaturated/α-hetero) is 1. The van der Waals surface area contributed by atoms with Gasteiger partial charge in [-0.2, -0.15) is 8.78 Å². The molecule has 152 valence electrons. The number of nitrogens with one attached hydrogen (secondary N) is 1. The van der Waals surface area contributed by atoms with Crippen LogP contribution in [0.4, 0.5) is 8.78 Å². The highest BCUT2D eigenvalue weighted by Gasteiger charge is 2.40. The van der Waals surface area contributed by atoms with Crippen LogP contribution in [-0.4, -0.2) is 41.4 Å². The molecule has 0 saturated heterocycles. The number of fused-ring (bicyclic) bond motifs is 1. The molecule has 0 atom stereocenters. The fourth-order valence-corrected chi connectivity index (χ4v) is 3.64. The molecule has 2 aliphatic rings. The molecule has 9 heteroatoms. The van der Waals surface area contributed by atoms with E-state index in [1.165, 1.54) is 12.4 Å². The van der Waals surface area contributed by atoms with Crippen molar-refractivity contribution in [2.24, 2.45) is 0 Å². The number of alkyl halides is 2. The molecule has 1 N–H and O–H groups in total. The maximum absolute atomic E-state index is 12.2. The van der Waals surface area contributed by atoms with Crippen LogP contribution in [0.5, 0.6) is 11.5 Å². The SMILES string of the molecule is O=C(CNC(=O)C(F)F)c1cnc(CC2(c3ccc4c(c3)OCO4)CCC2)nc1. The molecule has 1 aliphatic carbocycles. The van der Waals surface area contributed by atoms with Crippen molar-refractivity contribution in [1.29, 1.82) is 0 Å². The zero-order chi connectivity index (χ0) is 20.4. The minimum atomic E-state index is -3.16. The van der Waals surface area contributed by atoms with E-state index in [2.05, 4.69) is 9.97 Å². The molecule has 0 spiro atoms. The summed E-state index contributed by atoms with van der Waals surface area (Å²) in [6, 6.07) is 5.95. The number of carbonyl (C=O) groups is 2. The molecule has 1 aliphatic heterocycles. The summed E-state index contributed by atoms with van der Waals surface area (Å²) in [5.41, 5.74) is 1.22. The van der Waals surface area contributed by atoms with E-state index in [0.717, 1.165) is 36.3 Å². The lowest BCUT2D eigenvalue weighted by atomic mass is 9.62. The molecule has 1 amide bonds. The minimum Gasteiger partial charge on any atom is -0.454 e. The van der Waals surface area contributed by atoms with E-state index < -0.39 is 24.7 Å². The van der Waals surface area contributed by atoms with Gasteiger partial charge in [0.15, 0.2) is 17.3 Å². The van der Waals surface area contributed by atoms with Gasteiger partial charge in [0.05, 0.1) is 12.1 Å². The van der Waals surface area contributed by atoms with Gasteiger partial charge in [-0.25, -0.2) is 9.97 Å². The summed E-state index contributed by atoms with van der Waals surface area (Å²) in [7, 11) is 0. The first-order valence-electron chi connectivity index (χ1n) is 9.27. The third kappa shape index (κ3) is 3.90. The van der Waals surface area contributed by atoms with Gasteiger partial charge in [0.1, 0.15) is 5.82 Å². The molecule has 0 unspecified atom stereocenters. The van der Waals surface area contributed by atoms with E-state index in [1.807, 2.05) is 23.5 Å². The van der Waals surface area contributed by atoms with Gasteiger partial charge in [0.2, 0.25) is 6.79 Å². The normalized spacial score (nSPS) is 16.4. The summed E-state index contributed by atoms with van der Waals surface area (Å²) in [6.45, 7) is -0.296. The van der Waals surface area contributed by atoms with Crippen molar-refractivity contribution in [3.05, 3.63) is 47.5 Å². The largest absolute Gasteiger partial charge is 0.454 e. The van der Waals surface area contributed by atoms with Crippen molar-refractivity contribution in [2.45, 2.75) is 37.5 Å². The van der Waals surface area contributed by atoms with Crippen LogP contribution >= 0.6 is 0 Å². The van der Waals surface area contributed by atoms with Crippen molar-refractivity contribution in [1.82, 2.24) is 15.3 Å². The topological polar surface area (TPSA) is 90.4 Å². The lowest BCUT2D eigenvalue weighted by molar-refractivity contribution is -0.131. The molecule has 4 rings (SSSR count). The fourth-order valence-electron chi connectivity index (χ4n) is 3.64. The van der Waals surface area contributed by atoms with Crippen LogP contribution in [0.2, 0.25) is 0 Å². The predicted octanol–water partition coefficient (Wildman–Crippen LogP) is 2.43. The van der Waals surface area contributed by atoms with Crippen LogP contribution in [0, 0.1) is 0 Å². The van der Waals surface area contributed by atoms with E-state index in [-0.39, 0.29) is 17.8 Å². The Morgan fingerprint density at radius 2 is 1.86 bits per heavy atom. The number of halogens is 2. The van der Waals surface area contributed by atoms with Gasteiger partial charge < -0.3 is 14.8 Å². The van der Waals surface area contributed by atoms with Crippen LogP contribution < -0.4 is 14.8 Å². The Morgan fingerprint density at radius 1 is 1.14 bits per heavy atom. The highest BCUT2D eigenvalue weighted by atomic mass is 19.3. The zero-order valence-electron chi connectivity index (χ0n) is 15.5. The predicted molar refractivity (Wildman–Crippen MR) is 97.2 cm³/mol. The average molecular weight is 403 g/mol. The standard InChI is InChI=1S/C20H19F2N3O4/c21-18(22)19(27)25-10-14(26)12-8-23-17(24-9-12)7-20(4-1-5-20)13-2-3-15-16(6-13)29-11-28-15/h2-3,6,8-9,18H,1,4-5,7,10-11H2,(H,25,27). The van der Waals surface area contributed by atoms with Crippen LogP contribution in [0.15, 0.2) is 30.6 Å². The number of aromatic nitrogens is 2.